The first-order valence-corrected chi connectivity index (χ1v) is 18.6. The number of unbranched alkanes of at least 4 members (excludes halogenated alkanes) is 1. The molecule has 6 aromatic carbocycles. The van der Waals surface area contributed by atoms with Gasteiger partial charge in [0.25, 0.3) is 11.8 Å². The van der Waals surface area contributed by atoms with Crippen molar-refractivity contribution >= 4 is 52.3 Å². The maximum atomic E-state index is 12.9. The lowest BCUT2D eigenvalue weighted by Crippen LogP contribution is -2.33. The zero-order valence-corrected chi connectivity index (χ0v) is 28.5. The van der Waals surface area contributed by atoms with Gasteiger partial charge < -0.3 is 15.4 Å². The molecule has 6 nitrogen and oxygen atoms in total. The maximum Gasteiger partial charge on any atom is 0.311 e. The van der Waals surface area contributed by atoms with Gasteiger partial charge in [0.1, 0.15) is 28.9 Å². The second-order valence-electron chi connectivity index (χ2n) is 11.8. The number of ether oxygens (including phenoxy) is 1. The van der Waals surface area contributed by atoms with Crippen molar-refractivity contribution in [2.45, 2.75) is 19.3 Å². The lowest BCUT2D eigenvalue weighted by atomic mass is 10.1. The Morgan fingerprint density at radius 1 is 0.460 bits per heavy atom. The van der Waals surface area contributed by atoms with E-state index in [2.05, 4.69) is 102 Å². The van der Waals surface area contributed by atoms with E-state index in [1.165, 1.54) is 15.9 Å². The van der Waals surface area contributed by atoms with E-state index in [9.17, 15) is 14.4 Å². The Morgan fingerprint density at radius 3 is 1.32 bits per heavy atom. The highest BCUT2D eigenvalue weighted by molar-refractivity contribution is 7.95. The number of nitrogens with one attached hydrogen (secondary N) is 2. The number of hydrogen-bond acceptors (Lipinski definition) is 4. The molecule has 6 aromatic rings. The van der Waals surface area contributed by atoms with Crippen molar-refractivity contribution in [2.75, 3.05) is 16.8 Å². The fourth-order valence-corrected chi connectivity index (χ4v) is 10.4. The number of amides is 2. The highest BCUT2D eigenvalue weighted by Crippen LogP contribution is 2.56. The summed E-state index contributed by atoms with van der Waals surface area (Å²) in [4.78, 5) is 38.1. The van der Waals surface area contributed by atoms with E-state index in [-0.39, 0.29) is 17.8 Å². The van der Waals surface area contributed by atoms with E-state index in [0.717, 1.165) is 12.6 Å². The summed E-state index contributed by atoms with van der Waals surface area (Å²) in [6.07, 6.45) is 2.82. The van der Waals surface area contributed by atoms with Gasteiger partial charge in [0, 0.05) is 28.9 Å². The van der Waals surface area contributed by atoms with Crippen LogP contribution < -0.4 is 31.3 Å². The van der Waals surface area contributed by atoms with E-state index in [0.29, 0.717) is 41.1 Å². The molecule has 2 amide bonds. The predicted octanol–water partition coefficient (Wildman–Crippen LogP) is 8.26. The van der Waals surface area contributed by atoms with Crippen molar-refractivity contribution in [2.24, 2.45) is 0 Å². The molecule has 0 aliphatic heterocycles. The molecule has 0 atom stereocenters. The van der Waals surface area contributed by atoms with Crippen LogP contribution in [0, 0.1) is 0 Å². The molecular formula is C43H38N2O4P+. The van der Waals surface area contributed by atoms with E-state index in [1.807, 2.05) is 6.07 Å². The van der Waals surface area contributed by atoms with Gasteiger partial charge >= 0.3 is 5.97 Å². The van der Waals surface area contributed by atoms with Gasteiger partial charge in [0.2, 0.25) is 0 Å². The molecule has 0 bridgehead atoms. The Kier molecular flexibility index (Phi) is 11.2. The number of rotatable bonds is 13. The van der Waals surface area contributed by atoms with Crippen LogP contribution in [0.3, 0.4) is 0 Å². The molecular weight excluding hydrogens is 639 g/mol. The molecule has 50 heavy (non-hydrogen) atoms. The molecule has 0 fully saturated rings. The minimum Gasteiger partial charge on any atom is -0.427 e. The largest absolute Gasteiger partial charge is 0.427 e. The minimum absolute atomic E-state index is 0.221. The van der Waals surface area contributed by atoms with Crippen LogP contribution in [0.25, 0.3) is 0 Å². The summed E-state index contributed by atoms with van der Waals surface area (Å²) in [5.41, 5.74) is 2.15. The van der Waals surface area contributed by atoms with Gasteiger partial charge in [-0.2, -0.15) is 0 Å². The molecule has 0 saturated carbocycles. The summed E-state index contributed by atoms with van der Waals surface area (Å²) < 4.78 is 5.64. The zero-order valence-electron chi connectivity index (χ0n) is 27.6. The van der Waals surface area contributed by atoms with Gasteiger partial charge in [-0.15, -0.1) is 0 Å². The smallest absolute Gasteiger partial charge is 0.311 e. The third-order valence-corrected chi connectivity index (χ3v) is 13.0. The summed E-state index contributed by atoms with van der Waals surface area (Å²) >= 11 is 0. The van der Waals surface area contributed by atoms with Crippen molar-refractivity contribution in [3.8, 4) is 5.75 Å². The van der Waals surface area contributed by atoms with Crippen LogP contribution >= 0.6 is 7.26 Å². The fraction of sp³-hybridized carbons (Fsp3) is 0.0930. The molecule has 0 aliphatic carbocycles. The zero-order chi connectivity index (χ0) is 34.6. The topological polar surface area (TPSA) is 84.5 Å². The third kappa shape index (κ3) is 8.41. The molecule has 7 heteroatoms. The van der Waals surface area contributed by atoms with Crippen LogP contribution in [0.5, 0.6) is 5.75 Å². The number of anilines is 2. The Bertz CT molecular complexity index is 1910. The van der Waals surface area contributed by atoms with E-state index < -0.39 is 7.26 Å². The SMILES string of the molecule is O=C(CCCC[P+](c1ccccc1)(c1ccccc1)c1ccccc1)Oc1ccc(NC(=O)c2ccc(NC(=O)c3ccccc3)cc2)cc1. The van der Waals surface area contributed by atoms with Crippen LogP contribution in [0.1, 0.15) is 40.0 Å². The first-order valence-electron chi connectivity index (χ1n) is 16.6. The van der Waals surface area contributed by atoms with Gasteiger partial charge in [0.05, 0.1) is 6.16 Å². The summed E-state index contributed by atoms with van der Waals surface area (Å²) in [5, 5.41) is 9.68. The van der Waals surface area contributed by atoms with Gasteiger partial charge in [-0.3, -0.25) is 14.4 Å². The quantitative estimate of drug-likeness (QED) is 0.0558. The fourth-order valence-electron chi connectivity index (χ4n) is 5.99. The molecule has 0 aliphatic rings. The third-order valence-electron chi connectivity index (χ3n) is 8.50. The lowest BCUT2D eigenvalue weighted by molar-refractivity contribution is -0.134. The van der Waals surface area contributed by atoms with E-state index in [4.69, 9.17) is 4.74 Å². The maximum absolute atomic E-state index is 12.9. The first-order chi connectivity index (χ1) is 24.5. The highest BCUT2D eigenvalue weighted by atomic mass is 31.2. The standard InChI is InChI=1S/C43H37N2O4P/c46-41(23-13-14-32-50(38-17-7-2-8-18-38,39-19-9-3-10-20-39)40-21-11-4-12-22-40)49-37-30-28-36(29-31-37)45-43(48)34-24-26-35(27-25-34)44-42(47)33-15-5-1-6-16-33/h1-12,15-22,24-31H,13-14,23,32H2,(H-,44,45,47,48)/p+1. The Labute approximate surface area is 293 Å². The molecule has 0 saturated heterocycles. The number of benzene rings is 6. The van der Waals surface area contributed by atoms with Crippen LogP contribution in [0.4, 0.5) is 11.4 Å². The molecule has 2 N–H and O–H groups in total. The van der Waals surface area contributed by atoms with Crippen molar-refractivity contribution in [1.82, 2.24) is 0 Å². The highest BCUT2D eigenvalue weighted by Gasteiger charge is 2.44. The number of carbonyl (C=O) groups excluding carboxylic acids is 3. The number of esters is 1. The molecule has 0 aromatic heterocycles. The van der Waals surface area contributed by atoms with Crippen molar-refractivity contribution < 1.29 is 19.1 Å². The number of hydrogen-bond donors (Lipinski definition) is 2. The average Bonchev–Trinajstić information content (AvgIpc) is 3.17. The van der Waals surface area contributed by atoms with Crippen LogP contribution in [0.2, 0.25) is 0 Å². The van der Waals surface area contributed by atoms with Gasteiger partial charge in [-0.1, -0.05) is 72.8 Å². The molecule has 0 radical (unpaired) electrons. The molecule has 0 spiro atoms. The second kappa shape index (κ2) is 16.5. The van der Waals surface area contributed by atoms with Gasteiger partial charge in [0.15, 0.2) is 0 Å². The second-order valence-corrected chi connectivity index (χ2v) is 15.5. The summed E-state index contributed by atoms with van der Waals surface area (Å²) in [7, 11) is -1.94. The summed E-state index contributed by atoms with van der Waals surface area (Å²) in [5.74, 6) is -0.382. The minimum atomic E-state index is -1.94. The van der Waals surface area contributed by atoms with E-state index in [1.54, 1.807) is 72.8 Å². The normalized spacial score (nSPS) is 11.0. The van der Waals surface area contributed by atoms with Crippen molar-refractivity contribution in [3.63, 3.8) is 0 Å². The number of carbonyl (C=O) groups is 3. The lowest BCUT2D eigenvalue weighted by Gasteiger charge is -2.27. The summed E-state index contributed by atoms with van der Waals surface area (Å²) in [6, 6.07) is 54.6. The molecule has 0 heterocycles. The first kappa shape index (κ1) is 34.0. The molecule has 248 valence electrons. The van der Waals surface area contributed by atoms with Gasteiger partial charge in [-0.25, -0.2) is 0 Å². The molecule has 0 unspecified atom stereocenters. The van der Waals surface area contributed by atoms with E-state index >= 15 is 0 Å². The molecule has 6 rings (SSSR count). The Balaban J connectivity index is 1.02. The Morgan fingerprint density at radius 2 is 0.860 bits per heavy atom. The average molecular weight is 678 g/mol. The monoisotopic (exact) mass is 677 g/mol. The summed E-state index contributed by atoms with van der Waals surface area (Å²) in [6.45, 7) is 0. The van der Waals surface area contributed by atoms with Crippen LogP contribution in [-0.4, -0.2) is 23.9 Å². The van der Waals surface area contributed by atoms with Gasteiger partial charge in [-0.05, 0) is 110 Å². The predicted molar refractivity (Wildman–Crippen MR) is 205 cm³/mol. The Hall–Kier alpha value is -5.84. The van der Waals surface area contributed by atoms with Crippen LogP contribution in [-0.2, 0) is 4.79 Å². The van der Waals surface area contributed by atoms with Crippen molar-refractivity contribution in [3.05, 3.63) is 181 Å². The van der Waals surface area contributed by atoms with Crippen molar-refractivity contribution in [1.29, 1.82) is 0 Å². The van der Waals surface area contributed by atoms with Crippen LogP contribution in [0.15, 0.2) is 170 Å².